The van der Waals surface area contributed by atoms with Crippen molar-refractivity contribution in [1.82, 2.24) is 14.8 Å². The van der Waals surface area contributed by atoms with E-state index < -0.39 is 12.2 Å². The number of aromatic nitrogens is 1. The first-order valence-electron chi connectivity index (χ1n) is 17.4. The third-order valence-corrected chi connectivity index (χ3v) is 9.78. The molecule has 0 radical (unpaired) electrons. The van der Waals surface area contributed by atoms with Gasteiger partial charge in [-0.3, -0.25) is 14.9 Å². The van der Waals surface area contributed by atoms with Gasteiger partial charge < -0.3 is 35.1 Å². The predicted octanol–water partition coefficient (Wildman–Crippen LogP) is 5.76. The maximum atomic E-state index is 13.4. The Morgan fingerprint density at radius 3 is 2.49 bits per heavy atom. The number of likely N-dealkylation sites (tertiary alicyclic amines) is 1. The van der Waals surface area contributed by atoms with Gasteiger partial charge in [-0.25, -0.2) is 4.79 Å². The number of H-pyrrole nitrogens is 1. The van der Waals surface area contributed by atoms with Gasteiger partial charge in [-0.1, -0.05) is 54.6 Å². The number of nitrogens with one attached hydrogen (secondary N) is 3. The first-order chi connectivity index (χ1) is 24.8. The topological polar surface area (TPSA) is 147 Å². The molecule has 262 valence electrons. The maximum absolute atomic E-state index is 13.4. The molecule has 0 spiro atoms. The van der Waals surface area contributed by atoms with E-state index in [1.165, 1.54) is 12.1 Å². The fraction of sp³-hybridized carbons (Fsp3) is 0.275. The number of pyridine rings is 1. The number of anilines is 2. The Bertz CT molecular complexity index is 2090. The van der Waals surface area contributed by atoms with Crippen molar-refractivity contribution in [3.05, 3.63) is 124 Å². The molecular weight excluding hydrogens is 646 g/mol. The molecule has 2 amide bonds. The molecule has 1 atom stereocenters. The van der Waals surface area contributed by atoms with Crippen molar-refractivity contribution in [2.75, 3.05) is 49.9 Å². The highest BCUT2D eigenvalue weighted by Crippen LogP contribution is 2.30. The number of rotatable bonds is 10. The minimum absolute atomic E-state index is 0.0121. The van der Waals surface area contributed by atoms with E-state index in [9.17, 15) is 24.6 Å². The number of carbonyl (C=O) groups is 2. The Labute approximate surface area is 295 Å². The largest absolute Gasteiger partial charge is 0.506 e. The number of ether oxygens (including phenoxy) is 1. The normalized spacial score (nSPS) is 15.7. The highest BCUT2D eigenvalue weighted by atomic mass is 16.6. The molecule has 1 aromatic heterocycles. The number of aliphatic hydroxyl groups is 1. The summed E-state index contributed by atoms with van der Waals surface area (Å²) in [6.45, 7) is 3.78. The van der Waals surface area contributed by atoms with Crippen LogP contribution in [0.3, 0.4) is 0 Å². The number of phenols is 1. The van der Waals surface area contributed by atoms with Crippen LogP contribution in [0.1, 0.15) is 40.4 Å². The molecule has 1 fully saturated rings. The van der Waals surface area contributed by atoms with Crippen molar-refractivity contribution in [2.45, 2.75) is 31.5 Å². The first kappa shape index (κ1) is 33.8. The van der Waals surface area contributed by atoms with E-state index in [2.05, 4.69) is 20.5 Å². The van der Waals surface area contributed by atoms with Gasteiger partial charge in [-0.2, -0.15) is 0 Å². The summed E-state index contributed by atoms with van der Waals surface area (Å²) < 4.78 is 5.79. The molecule has 0 aliphatic carbocycles. The number of para-hydroxylation sites is 1. The molecule has 1 saturated heterocycles. The van der Waals surface area contributed by atoms with Crippen LogP contribution in [0.15, 0.2) is 102 Å². The van der Waals surface area contributed by atoms with E-state index >= 15 is 0 Å². The third kappa shape index (κ3) is 7.74. The lowest BCUT2D eigenvalue weighted by molar-refractivity contribution is 0.0517. The number of phenolic OH excluding ortho intramolecular Hbond substituents is 1. The number of carbonyl (C=O) groups excluding carboxylic acids is 2. The summed E-state index contributed by atoms with van der Waals surface area (Å²) in [6, 6.07) is 29.3. The number of hydrogen-bond acceptors (Lipinski definition) is 8. The Morgan fingerprint density at radius 1 is 0.882 bits per heavy atom. The smallest absolute Gasteiger partial charge is 0.411 e. The standard InChI is InChI=1S/C40H41N5O6/c46-35-14-12-32(33-13-15-37(48)43-38(33)35)36(47)25-41-28-10-11-31-27(24-28)16-21-45(39(31)49)23-22-44-19-17-29(18-20-44)51-40(50)42-34-9-5-4-8-30(34)26-6-2-1-3-7-26/h1-15,24,29,36,41,46-47H,16-23,25H2,(H,42,50)(H,43,48). The number of nitrogens with zero attached hydrogens (tertiary/aromatic N) is 2. The van der Waals surface area contributed by atoms with Gasteiger partial charge in [-0.15, -0.1) is 0 Å². The Kier molecular flexibility index (Phi) is 10.0. The van der Waals surface area contributed by atoms with Gasteiger partial charge in [0, 0.05) is 67.5 Å². The summed E-state index contributed by atoms with van der Waals surface area (Å²) in [7, 11) is 0. The highest BCUT2D eigenvalue weighted by Gasteiger charge is 2.27. The zero-order chi connectivity index (χ0) is 35.3. The summed E-state index contributed by atoms with van der Waals surface area (Å²) in [5.74, 6) is -0.0454. The number of piperidine rings is 1. The second-order valence-corrected chi connectivity index (χ2v) is 13.1. The molecule has 11 nitrogen and oxygen atoms in total. The number of hydrogen-bond donors (Lipinski definition) is 5. The molecule has 1 unspecified atom stereocenters. The van der Waals surface area contributed by atoms with Crippen LogP contribution in [-0.2, 0) is 11.2 Å². The summed E-state index contributed by atoms with van der Waals surface area (Å²) in [4.78, 5) is 44.8. The molecule has 2 aliphatic rings. The second-order valence-electron chi connectivity index (χ2n) is 13.1. The SMILES string of the molecule is O=C(Nc1ccccc1-c1ccccc1)OC1CCN(CCN2CCc3cc(NCC(O)c4ccc(O)c5[nH]c(=O)ccc45)ccc3C2=O)CC1. The molecule has 51 heavy (non-hydrogen) atoms. The van der Waals surface area contributed by atoms with E-state index in [0.29, 0.717) is 35.3 Å². The first-order valence-corrected chi connectivity index (χ1v) is 17.4. The van der Waals surface area contributed by atoms with Crippen LogP contribution in [0.2, 0.25) is 0 Å². The van der Waals surface area contributed by atoms with Crippen molar-refractivity contribution >= 4 is 34.3 Å². The summed E-state index contributed by atoms with van der Waals surface area (Å²) in [5.41, 5.74) is 5.66. The van der Waals surface area contributed by atoms with Crippen LogP contribution in [0, 0.1) is 0 Å². The second kappa shape index (κ2) is 15.1. The van der Waals surface area contributed by atoms with E-state index in [0.717, 1.165) is 61.3 Å². The lowest BCUT2D eigenvalue weighted by atomic mass is 9.98. The van der Waals surface area contributed by atoms with Gasteiger partial charge in [0.2, 0.25) is 5.56 Å². The number of benzene rings is 4. The molecule has 4 aromatic carbocycles. The summed E-state index contributed by atoms with van der Waals surface area (Å²) >= 11 is 0. The van der Waals surface area contributed by atoms with Crippen molar-refractivity contribution in [1.29, 1.82) is 0 Å². The monoisotopic (exact) mass is 687 g/mol. The van der Waals surface area contributed by atoms with Gasteiger partial charge in [0.15, 0.2) is 0 Å². The fourth-order valence-electron chi connectivity index (χ4n) is 7.00. The van der Waals surface area contributed by atoms with Gasteiger partial charge in [0.05, 0.1) is 17.3 Å². The van der Waals surface area contributed by atoms with Crippen LogP contribution in [-0.4, -0.2) is 82.4 Å². The zero-order valence-corrected chi connectivity index (χ0v) is 28.2. The Balaban J connectivity index is 0.867. The minimum Gasteiger partial charge on any atom is -0.506 e. The summed E-state index contributed by atoms with van der Waals surface area (Å²) in [6.07, 6.45) is 0.683. The minimum atomic E-state index is -0.900. The third-order valence-electron chi connectivity index (χ3n) is 9.78. The van der Waals surface area contributed by atoms with E-state index in [1.807, 2.05) is 77.7 Å². The molecule has 0 bridgehead atoms. The van der Waals surface area contributed by atoms with E-state index in [4.69, 9.17) is 4.74 Å². The van der Waals surface area contributed by atoms with Crippen LogP contribution in [0.25, 0.3) is 22.0 Å². The van der Waals surface area contributed by atoms with Crippen molar-refractivity contribution in [3.63, 3.8) is 0 Å². The lowest BCUT2D eigenvalue weighted by Gasteiger charge is -2.34. The van der Waals surface area contributed by atoms with E-state index in [-0.39, 0.29) is 35.4 Å². The number of fused-ring (bicyclic) bond motifs is 2. The number of aliphatic hydroxyl groups excluding tert-OH is 1. The van der Waals surface area contributed by atoms with Crippen LogP contribution >= 0.6 is 0 Å². The van der Waals surface area contributed by atoms with Crippen molar-refractivity contribution in [3.8, 4) is 16.9 Å². The number of amides is 2. The molecule has 11 heteroatoms. The zero-order valence-electron chi connectivity index (χ0n) is 28.2. The number of aromatic hydroxyl groups is 1. The van der Waals surface area contributed by atoms with E-state index in [1.54, 1.807) is 12.1 Å². The molecule has 3 heterocycles. The molecule has 5 aromatic rings. The van der Waals surface area contributed by atoms with Crippen LogP contribution in [0.4, 0.5) is 16.2 Å². The van der Waals surface area contributed by atoms with Crippen LogP contribution < -0.4 is 16.2 Å². The Hall–Kier alpha value is -5.65. The maximum Gasteiger partial charge on any atom is 0.411 e. The van der Waals surface area contributed by atoms with Crippen molar-refractivity contribution < 1.29 is 24.5 Å². The number of aromatic amines is 1. The lowest BCUT2D eigenvalue weighted by Crippen LogP contribution is -2.45. The average molecular weight is 688 g/mol. The molecule has 7 rings (SSSR count). The van der Waals surface area contributed by atoms with Crippen LogP contribution in [0.5, 0.6) is 5.75 Å². The predicted molar refractivity (Wildman–Crippen MR) is 197 cm³/mol. The molecule has 2 aliphatic heterocycles. The molecular formula is C40H41N5O6. The fourth-order valence-corrected chi connectivity index (χ4v) is 7.00. The quantitative estimate of drug-likeness (QED) is 0.125. The summed E-state index contributed by atoms with van der Waals surface area (Å²) in [5, 5.41) is 27.9. The Morgan fingerprint density at radius 2 is 1.67 bits per heavy atom. The van der Waals surface area contributed by atoms with Gasteiger partial charge in [0.25, 0.3) is 5.91 Å². The van der Waals surface area contributed by atoms with Gasteiger partial charge in [-0.05, 0) is 72.4 Å². The van der Waals surface area contributed by atoms with Crippen molar-refractivity contribution in [2.24, 2.45) is 0 Å². The van der Waals surface area contributed by atoms with Gasteiger partial charge >= 0.3 is 6.09 Å². The molecule has 0 saturated carbocycles. The molecule has 5 N–H and O–H groups in total. The average Bonchev–Trinajstić information content (AvgIpc) is 3.15. The highest BCUT2D eigenvalue weighted by molar-refractivity contribution is 5.97. The van der Waals surface area contributed by atoms with Gasteiger partial charge in [0.1, 0.15) is 11.9 Å².